The molecule has 1 atom stereocenters. The van der Waals surface area contributed by atoms with Crippen LogP contribution in [0, 0.1) is 12.8 Å². The first-order valence-electron chi connectivity index (χ1n) is 5.62. The molecule has 0 fully saturated rings. The van der Waals surface area contributed by atoms with Crippen molar-refractivity contribution in [2.24, 2.45) is 5.92 Å². The standard InChI is InChI=1S/C12H18BrNO2S/c1-7(2)4-9(15)6-14-12(16)10-5-8(3)11(13)17-10/h5,7,9,15H,4,6H2,1-3H3,(H,14,16). The monoisotopic (exact) mass is 319 g/mol. The Bertz CT molecular complexity index is 370. The van der Waals surface area contributed by atoms with Crippen LogP contribution in [0.1, 0.15) is 35.5 Å². The number of thiophene rings is 1. The van der Waals surface area contributed by atoms with Crippen molar-refractivity contribution in [2.75, 3.05) is 6.54 Å². The van der Waals surface area contributed by atoms with Crippen LogP contribution >= 0.6 is 27.3 Å². The maximum Gasteiger partial charge on any atom is 0.261 e. The Balaban J connectivity index is 2.45. The second kappa shape index (κ2) is 6.52. The van der Waals surface area contributed by atoms with Crippen LogP contribution in [0.4, 0.5) is 0 Å². The van der Waals surface area contributed by atoms with Gasteiger partial charge in [-0.2, -0.15) is 0 Å². The van der Waals surface area contributed by atoms with E-state index in [-0.39, 0.29) is 5.91 Å². The molecule has 0 radical (unpaired) electrons. The van der Waals surface area contributed by atoms with E-state index in [0.29, 0.717) is 23.8 Å². The lowest BCUT2D eigenvalue weighted by molar-refractivity contribution is 0.0904. The van der Waals surface area contributed by atoms with E-state index in [4.69, 9.17) is 0 Å². The molecule has 1 rings (SSSR count). The second-order valence-corrected chi connectivity index (χ2v) is 6.93. The highest BCUT2D eigenvalue weighted by molar-refractivity contribution is 9.11. The van der Waals surface area contributed by atoms with Crippen molar-refractivity contribution in [3.63, 3.8) is 0 Å². The van der Waals surface area contributed by atoms with Crippen molar-refractivity contribution in [1.29, 1.82) is 0 Å². The molecule has 1 amide bonds. The number of aryl methyl sites for hydroxylation is 1. The summed E-state index contributed by atoms with van der Waals surface area (Å²) in [6.07, 6.45) is 0.233. The lowest BCUT2D eigenvalue weighted by Gasteiger charge is -2.13. The minimum Gasteiger partial charge on any atom is -0.391 e. The fourth-order valence-corrected chi connectivity index (χ4v) is 2.95. The molecule has 17 heavy (non-hydrogen) atoms. The first-order chi connectivity index (χ1) is 7.90. The Kier molecular flexibility index (Phi) is 5.62. The van der Waals surface area contributed by atoms with Crippen LogP contribution in [0.15, 0.2) is 9.85 Å². The van der Waals surface area contributed by atoms with Gasteiger partial charge in [-0.3, -0.25) is 4.79 Å². The van der Waals surface area contributed by atoms with Crippen LogP contribution in [-0.2, 0) is 0 Å². The largest absolute Gasteiger partial charge is 0.391 e. The molecular weight excluding hydrogens is 302 g/mol. The average molecular weight is 320 g/mol. The van der Waals surface area contributed by atoms with Crippen LogP contribution in [0.5, 0.6) is 0 Å². The molecular formula is C12H18BrNO2S. The van der Waals surface area contributed by atoms with Crippen LogP contribution in [-0.4, -0.2) is 23.7 Å². The van der Waals surface area contributed by atoms with Gasteiger partial charge in [0.25, 0.3) is 5.91 Å². The molecule has 3 nitrogen and oxygen atoms in total. The lowest BCUT2D eigenvalue weighted by Crippen LogP contribution is -2.32. The number of aliphatic hydroxyl groups is 1. The zero-order valence-electron chi connectivity index (χ0n) is 10.3. The number of hydrogen-bond donors (Lipinski definition) is 2. The highest BCUT2D eigenvalue weighted by atomic mass is 79.9. The first kappa shape index (κ1) is 14.7. The van der Waals surface area contributed by atoms with Gasteiger partial charge < -0.3 is 10.4 Å². The SMILES string of the molecule is Cc1cc(C(=O)NCC(O)CC(C)C)sc1Br. The van der Waals surface area contributed by atoms with Gasteiger partial charge in [-0.05, 0) is 46.8 Å². The van der Waals surface area contributed by atoms with E-state index in [9.17, 15) is 9.90 Å². The zero-order chi connectivity index (χ0) is 13.0. The Morgan fingerprint density at radius 1 is 1.59 bits per heavy atom. The minimum atomic E-state index is -0.469. The van der Waals surface area contributed by atoms with Crippen molar-refractivity contribution in [3.05, 3.63) is 20.3 Å². The number of amides is 1. The fraction of sp³-hybridized carbons (Fsp3) is 0.583. The molecule has 0 aromatic carbocycles. The van der Waals surface area contributed by atoms with Gasteiger partial charge >= 0.3 is 0 Å². The van der Waals surface area contributed by atoms with Crippen LogP contribution in [0.3, 0.4) is 0 Å². The van der Waals surface area contributed by atoms with Crippen molar-refractivity contribution in [2.45, 2.75) is 33.3 Å². The van der Waals surface area contributed by atoms with Gasteiger partial charge in [0.05, 0.1) is 14.8 Å². The highest BCUT2D eigenvalue weighted by Gasteiger charge is 2.13. The number of carbonyl (C=O) groups is 1. The molecule has 0 aliphatic rings. The predicted molar refractivity (Wildman–Crippen MR) is 74.6 cm³/mol. The summed E-state index contributed by atoms with van der Waals surface area (Å²) >= 11 is 4.80. The van der Waals surface area contributed by atoms with Crippen molar-refractivity contribution in [1.82, 2.24) is 5.32 Å². The molecule has 0 aliphatic heterocycles. The van der Waals surface area contributed by atoms with Crippen LogP contribution < -0.4 is 5.32 Å². The summed E-state index contributed by atoms with van der Waals surface area (Å²) < 4.78 is 0.977. The van der Waals surface area contributed by atoms with Crippen LogP contribution in [0.25, 0.3) is 0 Å². The number of hydrogen-bond acceptors (Lipinski definition) is 3. The summed E-state index contributed by atoms with van der Waals surface area (Å²) in [6.45, 7) is 6.35. The van der Waals surface area contributed by atoms with E-state index in [1.807, 2.05) is 26.8 Å². The van der Waals surface area contributed by atoms with Gasteiger partial charge in [-0.25, -0.2) is 0 Å². The van der Waals surface area contributed by atoms with Gasteiger partial charge in [0.1, 0.15) is 0 Å². The summed E-state index contributed by atoms with van der Waals surface area (Å²) in [5, 5.41) is 12.4. The lowest BCUT2D eigenvalue weighted by atomic mass is 10.1. The van der Waals surface area contributed by atoms with Gasteiger partial charge in [-0.1, -0.05) is 13.8 Å². The zero-order valence-corrected chi connectivity index (χ0v) is 12.7. The molecule has 1 aromatic rings. The number of aliphatic hydroxyl groups excluding tert-OH is 1. The Hall–Kier alpha value is -0.390. The van der Waals surface area contributed by atoms with E-state index < -0.39 is 6.10 Å². The van der Waals surface area contributed by atoms with E-state index in [1.54, 1.807) is 0 Å². The summed E-state index contributed by atoms with van der Waals surface area (Å²) in [7, 11) is 0. The van der Waals surface area contributed by atoms with E-state index >= 15 is 0 Å². The normalized spacial score (nSPS) is 12.8. The summed E-state index contributed by atoms with van der Waals surface area (Å²) in [5.74, 6) is 0.312. The average Bonchev–Trinajstić information content (AvgIpc) is 2.55. The Labute approximate surface area is 114 Å². The quantitative estimate of drug-likeness (QED) is 0.876. The molecule has 0 bridgehead atoms. The molecule has 0 aliphatic carbocycles. The van der Waals surface area contributed by atoms with E-state index in [2.05, 4.69) is 21.2 Å². The number of rotatable bonds is 5. The third-order valence-corrected chi connectivity index (χ3v) is 4.46. The molecule has 5 heteroatoms. The molecule has 0 spiro atoms. The summed E-state index contributed by atoms with van der Waals surface area (Å²) in [6, 6.07) is 1.85. The second-order valence-electron chi connectivity index (χ2n) is 4.56. The molecule has 0 saturated heterocycles. The first-order valence-corrected chi connectivity index (χ1v) is 7.23. The van der Waals surface area contributed by atoms with Gasteiger partial charge in [0.15, 0.2) is 0 Å². The molecule has 1 heterocycles. The number of nitrogens with one attached hydrogen (secondary N) is 1. The van der Waals surface area contributed by atoms with E-state index in [0.717, 1.165) is 9.35 Å². The number of halogens is 1. The summed E-state index contributed by atoms with van der Waals surface area (Å²) in [5.41, 5.74) is 1.06. The topological polar surface area (TPSA) is 49.3 Å². The van der Waals surface area contributed by atoms with E-state index in [1.165, 1.54) is 11.3 Å². The Morgan fingerprint density at radius 2 is 2.24 bits per heavy atom. The predicted octanol–water partition coefficient (Wildman–Crippen LogP) is 2.96. The highest BCUT2D eigenvalue weighted by Crippen LogP contribution is 2.27. The molecule has 96 valence electrons. The van der Waals surface area contributed by atoms with Crippen molar-refractivity contribution in [3.8, 4) is 0 Å². The van der Waals surface area contributed by atoms with Crippen LogP contribution in [0.2, 0.25) is 0 Å². The Morgan fingerprint density at radius 3 is 2.71 bits per heavy atom. The van der Waals surface area contributed by atoms with Gasteiger partial charge in [0.2, 0.25) is 0 Å². The number of carbonyl (C=O) groups excluding carboxylic acids is 1. The van der Waals surface area contributed by atoms with Crippen molar-refractivity contribution < 1.29 is 9.90 Å². The fourth-order valence-electron chi connectivity index (χ4n) is 1.50. The molecule has 2 N–H and O–H groups in total. The molecule has 1 unspecified atom stereocenters. The molecule has 1 aromatic heterocycles. The van der Waals surface area contributed by atoms with Crippen molar-refractivity contribution >= 4 is 33.2 Å². The molecule has 0 saturated carbocycles. The third-order valence-electron chi connectivity index (χ3n) is 2.32. The summed E-state index contributed by atoms with van der Waals surface area (Å²) in [4.78, 5) is 12.4. The van der Waals surface area contributed by atoms with Gasteiger partial charge in [-0.15, -0.1) is 11.3 Å². The smallest absolute Gasteiger partial charge is 0.261 e. The maximum atomic E-state index is 11.8. The maximum absolute atomic E-state index is 11.8. The minimum absolute atomic E-state index is 0.119. The third kappa shape index (κ3) is 4.77. The van der Waals surface area contributed by atoms with Gasteiger partial charge in [0, 0.05) is 6.54 Å².